The number of nitrogens with one attached hydrogen (secondary N) is 1. The lowest BCUT2D eigenvalue weighted by Crippen LogP contribution is -2.42. The molecule has 1 aliphatic carbocycles. The number of carbonyl (C=O) groups is 1. The molecule has 1 aliphatic heterocycles. The summed E-state index contributed by atoms with van der Waals surface area (Å²) in [5.74, 6) is 1.70. The minimum Gasteiger partial charge on any atom is -0.497 e. The zero-order valence-corrected chi connectivity index (χ0v) is 18.7. The van der Waals surface area contributed by atoms with E-state index in [9.17, 15) is 9.90 Å². The van der Waals surface area contributed by atoms with Crippen LogP contribution in [0.4, 0.5) is 4.79 Å². The predicted molar refractivity (Wildman–Crippen MR) is 117 cm³/mol. The summed E-state index contributed by atoms with van der Waals surface area (Å²) in [6.07, 6.45) is 4.29. The highest BCUT2D eigenvalue weighted by Gasteiger charge is 2.38. The molecule has 1 aromatic heterocycles. The lowest BCUT2D eigenvalue weighted by molar-refractivity contribution is 0.00455. The number of fused-ring (bicyclic) bond motifs is 3. The maximum atomic E-state index is 12.1. The van der Waals surface area contributed by atoms with Crippen molar-refractivity contribution >= 4 is 17.0 Å². The second-order valence-corrected chi connectivity index (χ2v) is 9.60. The van der Waals surface area contributed by atoms with Crippen molar-refractivity contribution < 1.29 is 24.1 Å². The van der Waals surface area contributed by atoms with Gasteiger partial charge in [0.2, 0.25) is 0 Å². The second kappa shape index (κ2) is 8.54. The molecule has 1 saturated carbocycles. The van der Waals surface area contributed by atoms with Gasteiger partial charge in [0, 0.05) is 22.9 Å². The number of pyridine rings is 1. The number of aliphatic hydroxyl groups is 1. The van der Waals surface area contributed by atoms with Gasteiger partial charge >= 0.3 is 6.09 Å². The second-order valence-electron chi connectivity index (χ2n) is 9.60. The fraction of sp³-hybridized carbons (Fsp3) is 0.583. The van der Waals surface area contributed by atoms with Crippen molar-refractivity contribution in [2.75, 3.05) is 13.7 Å². The summed E-state index contributed by atoms with van der Waals surface area (Å²) in [4.78, 5) is 16.5. The van der Waals surface area contributed by atoms with Crippen LogP contribution in [0.3, 0.4) is 0 Å². The van der Waals surface area contributed by atoms with Crippen molar-refractivity contribution in [3.8, 4) is 11.5 Å². The van der Waals surface area contributed by atoms with Crippen molar-refractivity contribution in [1.82, 2.24) is 10.3 Å². The van der Waals surface area contributed by atoms with Crippen LogP contribution in [-0.4, -0.2) is 41.5 Å². The molecule has 0 radical (unpaired) electrons. The number of benzene rings is 1. The first-order chi connectivity index (χ1) is 14.7. The van der Waals surface area contributed by atoms with E-state index in [0.29, 0.717) is 18.3 Å². The van der Waals surface area contributed by atoms with E-state index in [4.69, 9.17) is 14.2 Å². The zero-order chi connectivity index (χ0) is 22.2. The summed E-state index contributed by atoms with van der Waals surface area (Å²) < 4.78 is 16.8. The Balaban J connectivity index is 1.45. The number of methoxy groups -OCH3 is 1. The number of hydrogen-bond donors (Lipinski definition) is 2. The molecule has 1 aromatic carbocycles. The molecule has 4 rings (SSSR count). The monoisotopic (exact) mass is 428 g/mol. The average molecular weight is 429 g/mol. The van der Waals surface area contributed by atoms with Crippen LogP contribution in [0.1, 0.15) is 58.1 Å². The van der Waals surface area contributed by atoms with Crippen molar-refractivity contribution in [1.29, 1.82) is 0 Å². The molecular formula is C24H32N2O5. The Kier molecular flexibility index (Phi) is 5.97. The summed E-state index contributed by atoms with van der Waals surface area (Å²) in [5.41, 5.74) is 1.11. The number of alkyl carbamates (subject to hydrolysis) is 1. The molecule has 2 N–H and O–H groups in total. The van der Waals surface area contributed by atoms with Gasteiger partial charge in [-0.2, -0.15) is 0 Å². The van der Waals surface area contributed by atoms with Crippen molar-refractivity contribution in [3.63, 3.8) is 0 Å². The third-order valence-electron chi connectivity index (χ3n) is 6.31. The van der Waals surface area contributed by atoms with E-state index in [0.717, 1.165) is 47.9 Å². The molecule has 0 saturated heterocycles. The molecule has 2 unspecified atom stereocenters. The van der Waals surface area contributed by atoms with Gasteiger partial charge in [0.05, 0.1) is 31.5 Å². The van der Waals surface area contributed by atoms with Gasteiger partial charge in [0.25, 0.3) is 0 Å². The summed E-state index contributed by atoms with van der Waals surface area (Å²) in [6.45, 7) is 6.06. The van der Waals surface area contributed by atoms with Gasteiger partial charge in [0.15, 0.2) is 0 Å². The first-order valence-electron chi connectivity index (χ1n) is 11.0. The molecule has 0 spiro atoms. The highest BCUT2D eigenvalue weighted by atomic mass is 16.6. The Morgan fingerprint density at radius 2 is 1.97 bits per heavy atom. The van der Waals surface area contributed by atoms with Crippen LogP contribution >= 0.6 is 0 Å². The summed E-state index contributed by atoms with van der Waals surface area (Å²) >= 11 is 0. The maximum absolute atomic E-state index is 12.1. The summed E-state index contributed by atoms with van der Waals surface area (Å²) in [5, 5.41) is 15.2. The van der Waals surface area contributed by atoms with Crippen LogP contribution < -0.4 is 14.8 Å². The molecule has 1 fully saturated rings. The van der Waals surface area contributed by atoms with E-state index in [1.165, 1.54) is 0 Å². The smallest absolute Gasteiger partial charge is 0.407 e. The minimum atomic E-state index is -0.623. The highest BCUT2D eigenvalue weighted by molar-refractivity contribution is 5.86. The number of aliphatic hydroxyl groups excluding tert-OH is 1. The largest absolute Gasteiger partial charge is 0.497 e. The van der Waals surface area contributed by atoms with E-state index < -0.39 is 11.7 Å². The maximum Gasteiger partial charge on any atom is 0.407 e. The first kappa shape index (κ1) is 21.7. The van der Waals surface area contributed by atoms with Gasteiger partial charge in [-0.25, -0.2) is 4.79 Å². The Morgan fingerprint density at radius 3 is 2.65 bits per heavy atom. The highest BCUT2D eigenvalue weighted by Crippen LogP contribution is 2.45. The Bertz CT molecular complexity index is 942. The lowest BCUT2D eigenvalue weighted by atomic mass is 9.74. The van der Waals surface area contributed by atoms with Crippen LogP contribution in [0.2, 0.25) is 0 Å². The van der Waals surface area contributed by atoms with Gasteiger partial charge < -0.3 is 24.6 Å². The van der Waals surface area contributed by atoms with Crippen molar-refractivity contribution in [2.45, 2.75) is 64.2 Å². The number of hydrogen-bond acceptors (Lipinski definition) is 6. The van der Waals surface area contributed by atoms with Gasteiger partial charge in [-0.15, -0.1) is 0 Å². The lowest BCUT2D eigenvalue weighted by Gasteiger charge is -2.39. The van der Waals surface area contributed by atoms with Gasteiger partial charge in [-0.3, -0.25) is 4.98 Å². The van der Waals surface area contributed by atoms with Crippen LogP contribution in [0.25, 0.3) is 10.9 Å². The predicted octanol–water partition coefficient (Wildman–Crippen LogP) is 4.37. The van der Waals surface area contributed by atoms with Crippen LogP contribution in [0.5, 0.6) is 11.5 Å². The number of aromatic nitrogens is 1. The molecule has 1 amide bonds. The fourth-order valence-corrected chi connectivity index (χ4v) is 4.77. The third-order valence-corrected chi connectivity index (χ3v) is 6.31. The van der Waals surface area contributed by atoms with E-state index in [1.807, 2.05) is 39.0 Å². The fourth-order valence-electron chi connectivity index (χ4n) is 4.77. The summed E-state index contributed by atoms with van der Waals surface area (Å²) in [7, 11) is 1.63. The molecule has 7 heteroatoms. The molecule has 2 aromatic rings. The normalized spacial score (nSPS) is 26.0. The number of carbonyl (C=O) groups excluding carboxylic acids is 1. The molecule has 31 heavy (non-hydrogen) atoms. The topological polar surface area (TPSA) is 89.9 Å². The number of ether oxygens (including phenoxy) is 3. The molecule has 7 nitrogen and oxygen atoms in total. The minimum absolute atomic E-state index is 0.00628. The number of amides is 1. The number of nitrogens with zero attached hydrogens (tertiary/aromatic N) is 1. The average Bonchev–Trinajstić information content (AvgIpc) is 2.72. The van der Waals surface area contributed by atoms with Crippen LogP contribution in [0.15, 0.2) is 24.4 Å². The van der Waals surface area contributed by atoms with E-state index in [1.54, 1.807) is 13.3 Å². The molecule has 2 heterocycles. The zero-order valence-electron chi connectivity index (χ0n) is 18.7. The SMILES string of the molecule is COc1ccc2ncc3c(c2c1)C(O)C(C1CCC(NC(=O)OC(C)(C)C)CC1)CO3. The first-order valence-corrected chi connectivity index (χ1v) is 11.0. The van der Waals surface area contributed by atoms with Gasteiger partial charge in [0.1, 0.15) is 17.1 Å². The molecule has 2 aliphatic rings. The van der Waals surface area contributed by atoms with Crippen LogP contribution in [-0.2, 0) is 4.74 Å². The molecule has 168 valence electrons. The van der Waals surface area contributed by atoms with Crippen molar-refractivity contribution in [3.05, 3.63) is 30.0 Å². The Hall–Kier alpha value is -2.54. The van der Waals surface area contributed by atoms with E-state index in [2.05, 4.69) is 10.3 Å². The third kappa shape index (κ3) is 4.71. The standard InChI is InChI=1S/C24H32N2O5/c1-24(2,3)31-23(28)26-15-7-5-14(6-8-15)18-13-30-20-12-25-19-10-9-16(29-4)11-17(19)21(20)22(18)27/h9-12,14-15,18,22,27H,5-8,13H2,1-4H3,(H,26,28). The number of rotatable bonds is 3. The van der Waals surface area contributed by atoms with Crippen LogP contribution in [0, 0.1) is 11.8 Å². The molecule has 2 atom stereocenters. The quantitative estimate of drug-likeness (QED) is 0.755. The summed E-state index contributed by atoms with van der Waals surface area (Å²) in [6, 6.07) is 5.79. The van der Waals surface area contributed by atoms with E-state index >= 15 is 0 Å². The van der Waals surface area contributed by atoms with Gasteiger partial charge in [-0.05, 0) is 70.6 Å². The Morgan fingerprint density at radius 1 is 1.23 bits per heavy atom. The van der Waals surface area contributed by atoms with E-state index in [-0.39, 0.29) is 18.1 Å². The Labute approximate surface area is 183 Å². The van der Waals surface area contributed by atoms with Crippen molar-refractivity contribution in [2.24, 2.45) is 11.8 Å². The molecular weight excluding hydrogens is 396 g/mol. The molecule has 0 bridgehead atoms. The van der Waals surface area contributed by atoms with Gasteiger partial charge in [-0.1, -0.05) is 0 Å².